The molecule has 1 aliphatic rings. The zero-order valence-electron chi connectivity index (χ0n) is 40.1. The molecule has 1 aromatic rings. The van der Waals surface area contributed by atoms with Crippen LogP contribution in [0.25, 0.3) is 0 Å². The smallest absolute Gasteiger partial charge is 0.246 e. The number of likely N-dealkylation sites (tertiary alicyclic amines) is 1. The average molecular weight is 976 g/mol. The van der Waals surface area contributed by atoms with Crippen LogP contribution in [-0.4, -0.2) is 144 Å². The number of phenolic OH excluding ortho intramolecular Hbond substituents is 1. The second kappa shape index (κ2) is 31.4. The third-order valence-electron chi connectivity index (χ3n) is 11.2. The molecule has 382 valence electrons. The van der Waals surface area contributed by atoms with Gasteiger partial charge in [-0.3, -0.25) is 43.3 Å². The fraction of sp³-hybridized carbons (Fsp3) is 0.667. The minimum atomic E-state index is -1.25. The Kier molecular flexibility index (Phi) is 27.0. The number of carbonyl (C=O) groups excluding carboxylic acids is 8. The number of phenols is 1. The molecule has 23 heteroatoms. The Morgan fingerprint density at radius 3 is 1.72 bits per heavy atom. The van der Waals surface area contributed by atoms with Crippen molar-refractivity contribution in [1.29, 1.82) is 0 Å². The van der Waals surface area contributed by atoms with Crippen molar-refractivity contribution in [3.63, 3.8) is 0 Å². The van der Waals surface area contributed by atoms with Crippen LogP contribution in [0.5, 0.6) is 5.75 Å². The van der Waals surface area contributed by atoms with Crippen LogP contribution in [0.4, 0.5) is 0 Å². The largest absolute Gasteiger partial charge is 0.508 e. The number of primary amides is 1. The van der Waals surface area contributed by atoms with Gasteiger partial charge in [0.15, 0.2) is 5.96 Å². The van der Waals surface area contributed by atoms with Gasteiger partial charge in [-0.2, -0.15) is 11.8 Å². The predicted octanol–water partition coefficient (Wildman–Crippen LogP) is -1.55. The molecular weight excluding hydrogens is 899 g/mol. The van der Waals surface area contributed by atoms with Crippen molar-refractivity contribution >= 4 is 65.0 Å². The number of benzene rings is 1. The number of carbonyl (C=O) groups is 8. The van der Waals surface area contributed by atoms with Gasteiger partial charge in [0.05, 0.1) is 0 Å². The van der Waals surface area contributed by atoms with E-state index in [4.69, 9.17) is 28.7 Å². The summed E-state index contributed by atoms with van der Waals surface area (Å²) in [6.07, 6.45) is 5.76. The molecule has 8 amide bonds. The molecule has 1 aliphatic heterocycles. The molecule has 7 atom stereocenters. The van der Waals surface area contributed by atoms with E-state index in [2.05, 4.69) is 36.9 Å². The first-order valence-corrected chi connectivity index (χ1v) is 24.8. The summed E-state index contributed by atoms with van der Waals surface area (Å²) in [5.74, 6) is -4.72. The Morgan fingerprint density at radius 2 is 1.22 bits per heavy atom. The fourth-order valence-electron chi connectivity index (χ4n) is 7.69. The van der Waals surface area contributed by atoms with Crippen LogP contribution in [-0.2, 0) is 44.8 Å². The summed E-state index contributed by atoms with van der Waals surface area (Å²) in [6.45, 7) is 6.08. The van der Waals surface area contributed by atoms with Gasteiger partial charge in [0, 0.05) is 26.4 Å². The van der Waals surface area contributed by atoms with Crippen molar-refractivity contribution in [2.24, 2.45) is 39.6 Å². The molecule has 68 heavy (non-hydrogen) atoms. The Morgan fingerprint density at radius 1 is 0.706 bits per heavy atom. The summed E-state index contributed by atoms with van der Waals surface area (Å²) in [5.41, 5.74) is 28.6. The second-order valence-corrected chi connectivity index (χ2v) is 18.4. The predicted molar refractivity (Wildman–Crippen MR) is 261 cm³/mol. The van der Waals surface area contributed by atoms with Crippen LogP contribution in [0.15, 0.2) is 29.3 Å². The maximum atomic E-state index is 14.5. The van der Waals surface area contributed by atoms with Gasteiger partial charge in [-0.05, 0) is 126 Å². The average Bonchev–Trinajstić information content (AvgIpc) is 3.78. The van der Waals surface area contributed by atoms with E-state index < -0.39 is 89.6 Å². The van der Waals surface area contributed by atoms with Crippen molar-refractivity contribution in [3.8, 4) is 5.75 Å². The summed E-state index contributed by atoms with van der Waals surface area (Å²) in [5, 5.41) is 26.4. The van der Waals surface area contributed by atoms with E-state index in [9.17, 15) is 43.5 Å². The zero-order chi connectivity index (χ0) is 50.8. The number of unbranched alkanes of at least 4 members (excludes halogenated alkanes) is 2. The Bertz CT molecular complexity index is 1830. The van der Waals surface area contributed by atoms with Gasteiger partial charge in [0.1, 0.15) is 48.0 Å². The molecule has 0 spiro atoms. The molecule has 1 aromatic carbocycles. The number of guanidine groups is 1. The number of thioether (sulfide) groups is 1. The van der Waals surface area contributed by atoms with Gasteiger partial charge in [-0.15, -0.1) is 0 Å². The topological polar surface area (TPSA) is 375 Å². The molecule has 1 saturated heterocycles. The van der Waals surface area contributed by atoms with E-state index in [0.29, 0.717) is 69.4 Å². The second-order valence-electron chi connectivity index (χ2n) is 17.5. The van der Waals surface area contributed by atoms with Gasteiger partial charge in [0.25, 0.3) is 0 Å². The first-order chi connectivity index (χ1) is 32.3. The number of aliphatic imine (C=N–C) groups is 1. The first kappa shape index (κ1) is 58.4. The number of nitrogens with one attached hydrogen (secondary N) is 6. The highest BCUT2D eigenvalue weighted by atomic mass is 32.2. The van der Waals surface area contributed by atoms with Crippen LogP contribution < -0.4 is 60.6 Å². The molecule has 17 N–H and O–H groups in total. The molecule has 1 heterocycles. The number of nitrogens with zero attached hydrogens (tertiary/aromatic N) is 2. The third-order valence-corrected chi connectivity index (χ3v) is 11.9. The van der Waals surface area contributed by atoms with Gasteiger partial charge in [0.2, 0.25) is 47.3 Å². The number of hydrogen-bond acceptors (Lipinski definition) is 13. The quantitative estimate of drug-likeness (QED) is 0.0221. The van der Waals surface area contributed by atoms with Crippen LogP contribution in [0, 0.1) is 5.92 Å². The minimum Gasteiger partial charge on any atom is -0.508 e. The number of hydrogen-bond donors (Lipinski definition) is 12. The van der Waals surface area contributed by atoms with Crippen LogP contribution in [0.2, 0.25) is 0 Å². The summed E-state index contributed by atoms with van der Waals surface area (Å²) in [4.78, 5) is 114. The molecular formula is C45H77N13O9S. The third kappa shape index (κ3) is 21.5. The van der Waals surface area contributed by atoms with Gasteiger partial charge >= 0.3 is 0 Å². The highest BCUT2D eigenvalue weighted by molar-refractivity contribution is 7.98. The molecule has 1 fully saturated rings. The Labute approximate surface area is 404 Å². The maximum Gasteiger partial charge on any atom is 0.246 e. The summed E-state index contributed by atoms with van der Waals surface area (Å²) in [7, 11) is 0. The molecule has 0 bridgehead atoms. The van der Waals surface area contributed by atoms with Crippen LogP contribution in [0.3, 0.4) is 0 Å². The van der Waals surface area contributed by atoms with E-state index in [1.165, 1.54) is 35.7 Å². The SMILES string of the molecule is CSCC[C@H](NC(=O)[C@H](CCCN=C(N)N)NC(=O)[C@H](CC(C)C)NC(C)=O)C(=O)N[C@@H](CCCCN)C(=O)N[C@@H](Cc1ccc(O)cc1)C(=O)N1CCC[C@H]1C(=O)N[C@@H](CCCCN)C(N)=O. The molecule has 0 saturated carbocycles. The van der Waals surface area contributed by atoms with E-state index in [1.807, 2.05) is 20.1 Å². The summed E-state index contributed by atoms with van der Waals surface area (Å²) in [6, 6.07) is -1.65. The van der Waals surface area contributed by atoms with Gasteiger partial charge in [-0.1, -0.05) is 26.0 Å². The first-order valence-electron chi connectivity index (χ1n) is 23.4. The molecule has 22 nitrogen and oxygen atoms in total. The highest BCUT2D eigenvalue weighted by Gasteiger charge is 2.40. The molecule has 0 radical (unpaired) electrons. The Hall–Kier alpha value is -5.68. The number of rotatable bonds is 32. The van der Waals surface area contributed by atoms with Crippen molar-refractivity contribution in [3.05, 3.63) is 29.8 Å². The zero-order valence-corrected chi connectivity index (χ0v) is 40.9. The lowest BCUT2D eigenvalue weighted by molar-refractivity contribution is -0.142. The Balaban J connectivity index is 2.45. The maximum absolute atomic E-state index is 14.5. The normalized spacial score (nSPS) is 16.0. The van der Waals surface area contributed by atoms with E-state index >= 15 is 0 Å². The highest BCUT2D eigenvalue weighted by Crippen LogP contribution is 2.21. The molecule has 0 aliphatic carbocycles. The lowest BCUT2D eigenvalue weighted by atomic mass is 10.0. The summed E-state index contributed by atoms with van der Waals surface area (Å²) < 4.78 is 0. The van der Waals surface area contributed by atoms with Crippen molar-refractivity contribution in [2.45, 2.75) is 147 Å². The molecule has 2 rings (SSSR count). The van der Waals surface area contributed by atoms with Gasteiger partial charge < -0.3 is 70.6 Å². The van der Waals surface area contributed by atoms with Crippen molar-refractivity contribution in [1.82, 2.24) is 36.8 Å². The number of amides is 8. The lowest BCUT2D eigenvalue weighted by Gasteiger charge is -2.31. The number of nitrogens with two attached hydrogens (primary N) is 5. The lowest BCUT2D eigenvalue weighted by Crippen LogP contribution is -2.60. The summed E-state index contributed by atoms with van der Waals surface area (Å²) >= 11 is 1.42. The van der Waals surface area contributed by atoms with E-state index in [0.717, 1.165) is 0 Å². The van der Waals surface area contributed by atoms with Crippen LogP contribution in [0.1, 0.15) is 103 Å². The monoisotopic (exact) mass is 976 g/mol. The van der Waals surface area contributed by atoms with Gasteiger partial charge in [-0.25, -0.2) is 0 Å². The fourth-order valence-corrected chi connectivity index (χ4v) is 8.16. The standard InChI is InChI=1S/C45H77N13O9S/c1-27(2)25-35(52-28(3)59)42(65)55-33(13-9-22-51-45(49)50)39(62)56-34(19-24-68-4)41(64)54-32(12-6-8-21-47)40(63)57-36(26-29-15-17-30(60)18-16-29)44(67)58-23-10-14-37(58)43(66)53-31(38(48)61)11-5-7-20-46/h15-18,27,31-37,60H,5-14,19-26,46-47H2,1-4H3,(H2,48,61)(H,52,59)(H,53,66)(H,54,64)(H,55,65)(H,56,62)(H,57,63)(H4,49,50,51)/t31-,32-,33-,34-,35-,36-,37-/m0/s1. The number of aromatic hydroxyl groups is 1. The van der Waals surface area contributed by atoms with E-state index in [-0.39, 0.29) is 69.2 Å². The van der Waals surface area contributed by atoms with Crippen molar-refractivity contribution < 1.29 is 43.5 Å². The van der Waals surface area contributed by atoms with Crippen molar-refractivity contribution in [2.75, 3.05) is 38.2 Å². The minimum absolute atomic E-state index is 0.0156. The molecule has 0 unspecified atom stereocenters. The van der Waals surface area contributed by atoms with E-state index in [1.54, 1.807) is 12.1 Å². The van der Waals surface area contributed by atoms with Crippen LogP contribution >= 0.6 is 11.8 Å². The molecule has 0 aromatic heterocycles.